The predicted octanol–water partition coefficient (Wildman–Crippen LogP) is 4.32. The molecule has 0 atom stereocenters. The number of thioether (sulfide) groups is 1. The fourth-order valence-electron chi connectivity index (χ4n) is 3.40. The first-order valence-corrected chi connectivity index (χ1v) is 11.6. The summed E-state index contributed by atoms with van der Waals surface area (Å²) >= 11 is 7.32. The molecule has 0 unspecified atom stereocenters. The van der Waals surface area contributed by atoms with Crippen molar-refractivity contribution in [2.45, 2.75) is 11.6 Å². The summed E-state index contributed by atoms with van der Waals surface area (Å²) in [5, 5.41) is 4.72. The number of aromatic nitrogens is 2. The average molecular weight is 472 g/mol. The zero-order valence-corrected chi connectivity index (χ0v) is 18.9. The van der Waals surface area contributed by atoms with Crippen molar-refractivity contribution >= 4 is 40.8 Å². The maximum Gasteiger partial charge on any atom is 0.233 e. The van der Waals surface area contributed by atoms with Crippen LogP contribution in [0.4, 0.5) is 15.9 Å². The second kappa shape index (κ2) is 10.7. The van der Waals surface area contributed by atoms with Crippen molar-refractivity contribution < 1.29 is 9.18 Å². The molecule has 1 saturated heterocycles. The highest BCUT2D eigenvalue weighted by Crippen LogP contribution is 2.21. The van der Waals surface area contributed by atoms with Crippen LogP contribution in [0.1, 0.15) is 5.56 Å². The summed E-state index contributed by atoms with van der Waals surface area (Å²) in [6.45, 7) is 3.38. The Bertz CT molecular complexity index is 1040. The number of nitrogens with zero attached hydrogens (tertiary/aromatic N) is 4. The van der Waals surface area contributed by atoms with E-state index in [0.717, 1.165) is 29.4 Å². The van der Waals surface area contributed by atoms with Crippen molar-refractivity contribution in [3.05, 3.63) is 77.3 Å². The first-order valence-electron chi connectivity index (χ1n) is 10.3. The number of carbonyl (C=O) groups excluding carboxylic acids is 1. The number of piperazine rings is 1. The van der Waals surface area contributed by atoms with Crippen molar-refractivity contribution in [2.75, 3.05) is 42.1 Å². The van der Waals surface area contributed by atoms with Gasteiger partial charge in [0.15, 0.2) is 0 Å². The molecule has 0 radical (unpaired) electrons. The van der Waals surface area contributed by atoms with Crippen molar-refractivity contribution in [3.63, 3.8) is 0 Å². The number of rotatable bonds is 7. The molecule has 32 heavy (non-hydrogen) atoms. The van der Waals surface area contributed by atoms with Gasteiger partial charge in [0.1, 0.15) is 23.0 Å². The number of carbonyl (C=O) groups is 1. The van der Waals surface area contributed by atoms with Gasteiger partial charge in [0.25, 0.3) is 0 Å². The number of amides is 1. The summed E-state index contributed by atoms with van der Waals surface area (Å²) in [6.07, 6.45) is 1.50. The summed E-state index contributed by atoms with van der Waals surface area (Å²) in [4.78, 5) is 25.2. The Labute approximate surface area is 195 Å². The lowest BCUT2D eigenvalue weighted by Crippen LogP contribution is -2.49. The molecule has 1 aromatic heterocycles. The molecule has 6 nitrogen and oxygen atoms in total. The zero-order chi connectivity index (χ0) is 22.3. The van der Waals surface area contributed by atoms with Crippen molar-refractivity contribution in [1.29, 1.82) is 0 Å². The molecule has 0 aliphatic carbocycles. The predicted molar refractivity (Wildman–Crippen MR) is 127 cm³/mol. The van der Waals surface area contributed by atoms with E-state index in [-0.39, 0.29) is 11.7 Å². The lowest BCUT2D eigenvalue weighted by molar-refractivity contribution is -0.128. The van der Waals surface area contributed by atoms with Crippen LogP contribution in [0.5, 0.6) is 0 Å². The molecular formula is C23H23ClFN5OS. The summed E-state index contributed by atoms with van der Waals surface area (Å²) < 4.78 is 13.1. The number of nitrogens with one attached hydrogen (secondary N) is 1. The topological polar surface area (TPSA) is 61.4 Å². The molecule has 2 heterocycles. The quantitative estimate of drug-likeness (QED) is 0.409. The van der Waals surface area contributed by atoms with Crippen molar-refractivity contribution in [3.8, 4) is 0 Å². The molecule has 2 aromatic carbocycles. The standard InChI is InChI=1S/C23H23ClFN5OS/c24-18-3-1-17(2-4-18)14-26-21-13-22(28-16-27-21)32-15-23(31)30-11-9-29(10-12-30)20-7-5-19(25)6-8-20/h1-8,13,16H,9-12,14-15H2,(H,26,27,28). The van der Waals surface area contributed by atoms with Crippen LogP contribution in [0.25, 0.3) is 0 Å². The number of benzene rings is 2. The minimum Gasteiger partial charge on any atom is -0.368 e. The van der Waals surface area contributed by atoms with Gasteiger partial charge in [-0.25, -0.2) is 14.4 Å². The highest BCUT2D eigenvalue weighted by molar-refractivity contribution is 7.99. The molecule has 1 amide bonds. The third kappa shape index (κ3) is 6.11. The molecule has 1 aliphatic rings. The fourth-order valence-corrected chi connectivity index (χ4v) is 4.30. The van der Waals surface area contributed by atoms with Gasteiger partial charge in [-0.3, -0.25) is 4.79 Å². The fraction of sp³-hybridized carbons (Fsp3) is 0.261. The van der Waals surface area contributed by atoms with E-state index in [9.17, 15) is 9.18 Å². The maximum atomic E-state index is 13.1. The van der Waals surface area contributed by atoms with Crippen molar-refractivity contribution in [1.82, 2.24) is 14.9 Å². The van der Waals surface area contributed by atoms with Crippen LogP contribution in [0.2, 0.25) is 5.02 Å². The summed E-state index contributed by atoms with van der Waals surface area (Å²) in [5.74, 6) is 0.873. The first kappa shape index (κ1) is 22.4. The van der Waals surface area contributed by atoms with Crippen molar-refractivity contribution in [2.24, 2.45) is 0 Å². The van der Waals surface area contributed by atoms with Gasteiger partial charge in [0.05, 0.1) is 5.75 Å². The van der Waals surface area contributed by atoms with Crippen LogP contribution >= 0.6 is 23.4 Å². The van der Waals surface area contributed by atoms with E-state index < -0.39 is 0 Å². The Morgan fingerprint density at radius 3 is 2.47 bits per heavy atom. The zero-order valence-electron chi connectivity index (χ0n) is 17.4. The van der Waals surface area contributed by atoms with Gasteiger partial charge in [0.2, 0.25) is 5.91 Å². The van der Waals surface area contributed by atoms with Crippen LogP contribution in [0.15, 0.2) is 66.0 Å². The number of halogens is 2. The van der Waals surface area contributed by atoms with Crippen LogP contribution in [-0.2, 0) is 11.3 Å². The molecule has 0 bridgehead atoms. The van der Waals surface area contributed by atoms with Gasteiger partial charge < -0.3 is 15.1 Å². The number of hydrogen-bond acceptors (Lipinski definition) is 6. The minimum atomic E-state index is -0.243. The van der Waals surface area contributed by atoms with Crippen LogP contribution in [0, 0.1) is 5.82 Å². The molecule has 1 fully saturated rings. The molecule has 4 rings (SSSR count). The van der Waals surface area contributed by atoms with E-state index in [1.54, 1.807) is 12.1 Å². The molecule has 1 aliphatic heterocycles. The Hall–Kier alpha value is -2.84. The van der Waals surface area contributed by atoms with E-state index in [4.69, 9.17) is 11.6 Å². The van der Waals surface area contributed by atoms with E-state index in [1.807, 2.05) is 35.2 Å². The first-order chi connectivity index (χ1) is 15.6. The van der Waals surface area contributed by atoms with Gasteiger partial charge in [-0.1, -0.05) is 35.5 Å². The Morgan fingerprint density at radius 1 is 1.03 bits per heavy atom. The van der Waals surface area contributed by atoms with E-state index in [1.165, 1.54) is 30.2 Å². The third-order valence-corrected chi connectivity index (χ3v) is 6.36. The Morgan fingerprint density at radius 2 is 1.75 bits per heavy atom. The molecule has 0 spiro atoms. The molecular weight excluding hydrogens is 449 g/mol. The number of anilines is 2. The monoisotopic (exact) mass is 471 g/mol. The van der Waals surface area contributed by atoms with Gasteiger partial charge in [-0.15, -0.1) is 0 Å². The summed E-state index contributed by atoms with van der Waals surface area (Å²) in [6, 6.07) is 15.9. The second-order valence-electron chi connectivity index (χ2n) is 7.35. The normalized spacial score (nSPS) is 13.8. The summed E-state index contributed by atoms with van der Waals surface area (Å²) in [5.41, 5.74) is 2.07. The Kier molecular flexibility index (Phi) is 7.44. The van der Waals surface area contributed by atoms with Crippen LogP contribution in [0.3, 0.4) is 0 Å². The molecule has 166 valence electrons. The second-order valence-corrected chi connectivity index (χ2v) is 8.79. The highest BCUT2D eigenvalue weighted by Gasteiger charge is 2.21. The summed E-state index contributed by atoms with van der Waals surface area (Å²) in [7, 11) is 0. The maximum absolute atomic E-state index is 13.1. The largest absolute Gasteiger partial charge is 0.368 e. The van der Waals surface area contributed by atoms with E-state index in [0.29, 0.717) is 36.2 Å². The molecule has 3 aromatic rings. The third-order valence-electron chi connectivity index (χ3n) is 5.20. The lowest BCUT2D eigenvalue weighted by Gasteiger charge is -2.36. The van der Waals surface area contributed by atoms with Gasteiger partial charge in [0, 0.05) is 49.5 Å². The average Bonchev–Trinajstić information content (AvgIpc) is 2.83. The van der Waals surface area contributed by atoms with E-state index >= 15 is 0 Å². The van der Waals surface area contributed by atoms with Crippen LogP contribution < -0.4 is 10.2 Å². The van der Waals surface area contributed by atoms with Gasteiger partial charge in [-0.2, -0.15) is 0 Å². The minimum absolute atomic E-state index is 0.0861. The van der Waals surface area contributed by atoms with Gasteiger partial charge >= 0.3 is 0 Å². The SMILES string of the molecule is O=C(CSc1cc(NCc2ccc(Cl)cc2)ncn1)N1CCN(c2ccc(F)cc2)CC1. The molecule has 0 saturated carbocycles. The van der Waals surface area contributed by atoms with E-state index in [2.05, 4.69) is 20.2 Å². The molecule has 9 heteroatoms. The number of hydrogen-bond donors (Lipinski definition) is 1. The highest BCUT2D eigenvalue weighted by atomic mass is 35.5. The van der Waals surface area contributed by atoms with Crippen LogP contribution in [-0.4, -0.2) is 52.7 Å². The molecule has 1 N–H and O–H groups in total. The smallest absolute Gasteiger partial charge is 0.233 e. The Balaban J connectivity index is 1.24. The lowest BCUT2D eigenvalue weighted by atomic mass is 10.2. The van der Waals surface area contributed by atoms with Gasteiger partial charge in [-0.05, 0) is 42.0 Å².